The van der Waals surface area contributed by atoms with E-state index in [9.17, 15) is 4.79 Å². The molecule has 2 rings (SSSR count). The number of carbonyl (C=O) groups is 1. The first-order valence-corrected chi connectivity index (χ1v) is 5.74. The summed E-state index contributed by atoms with van der Waals surface area (Å²) < 4.78 is 0. The number of pyridine rings is 1. The monoisotopic (exact) mass is 219 g/mol. The van der Waals surface area contributed by atoms with Gasteiger partial charge < -0.3 is 10.2 Å². The molecule has 4 heteroatoms. The van der Waals surface area contributed by atoms with Crippen LogP contribution < -0.4 is 5.32 Å². The number of amides is 2. The Balaban J connectivity index is 1.91. The van der Waals surface area contributed by atoms with Crippen molar-refractivity contribution in [2.45, 2.75) is 32.4 Å². The van der Waals surface area contributed by atoms with Crippen LogP contribution in [0.25, 0.3) is 0 Å². The first-order chi connectivity index (χ1) is 7.79. The fourth-order valence-electron chi connectivity index (χ4n) is 1.53. The van der Waals surface area contributed by atoms with E-state index < -0.39 is 0 Å². The molecule has 1 N–H and O–H groups in total. The van der Waals surface area contributed by atoms with Gasteiger partial charge in [-0.2, -0.15) is 0 Å². The van der Waals surface area contributed by atoms with Crippen molar-refractivity contribution in [3.05, 3.63) is 30.1 Å². The molecule has 0 saturated heterocycles. The van der Waals surface area contributed by atoms with E-state index in [1.165, 1.54) is 0 Å². The second-order valence-electron chi connectivity index (χ2n) is 4.09. The maximum absolute atomic E-state index is 11.8. The molecule has 1 fully saturated rings. The molecule has 1 aromatic rings. The van der Waals surface area contributed by atoms with Crippen LogP contribution in [0.2, 0.25) is 0 Å². The van der Waals surface area contributed by atoms with Gasteiger partial charge >= 0.3 is 6.03 Å². The topological polar surface area (TPSA) is 45.2 Å². The summed E-state index contributed by atoms with van der Waals surface area (Å²) in [5, 5.41) is 3.00. The molecule has 4 nitrogen and oxygen atoms in total. The van der Waals surface area contributed by atoms with Crippen molar-refractivity contribution >= 4 is 6.03 Å². The lowest BCUT2D eigenvalue weighted by atomic mass is 10.2. The summed E-state index contributed by atoms with van der Waals surface area (Å²) in [6.45, 7) is 3.37. The van der Waals surface area contributed by atoms with Crippen LogP contribution in [0.1, 0.15) is 25.3 Å². The van der Waals surface area contributed by atoms with Gasteiger partial charge in [0.05, 0.1) is 0 Å². The van der Waals surface area contributed by atoms with Gasteiger partial charge in [-0.15, -0.1) is 0 Å². The zero-order chi connectivity index (χ0) is 11.4. The van der Waals surface area contributed by atoms with Crippen molar-refractivity contribution in [1.82, 2.24) is 15.2 Å². The Hall–Kier alpha value is -1.58. The van der Waals surface area contributed by atoms with E-state index in [2.05, 4.69) is 10.3 Å². The maximum atomic E-state index is 11.8. The van der Waals surface area contributed by atoms with Crippen LogP contribution in [0.5, 0.6) is 0 Å². The van der Waals surface area contributed by atoms with Crippen molar-refractivity contribution in [3.63, 3.8) is 0 Å². The maximum Gasteiger partial charge on any atom is 0.317 e. The first-order valence-electron chi connectivity index (χ1n) is 5.74. The average Bonchev–Trinajstić information content (AvgIpc) is 3.11. The largest absolute Gasteiger partial charge is 0.335 e. The van der Waals surface area contributed by atoms with E-state index in [0.29, 0.717) is 12.6 Å². The third kappa shape index (κ3) is 2.95. The first kappa shape index (κ1) is 10.9. The zero-order valence-corrected chi connectivity index (χ0v) is 9.52. The normalized spacial score (nSPS) is 14.6. The number of rotatable bonds is 4. The van der Waals surface area contributed by atoms with Crippen LogP contribution in [-0.4, -0.2) is 28.5 Å². The molecular weight excluding hydrogens is 202 g/mol. The molecule has 0 unspecified atom stereocenters. The summed E-state index contributed by atoms with van der Waals surface area (Å²) in [6, 6.07) is 4.33. The number of hydrogen-bond acceptors (Lipinski definition) is 2. The van der Waals surface area contributed by atoms with Gasteiger partial charge in [-0.05, 0) is 37.5 Å². The third-order valence-electron chi connectivity index (χ3n) is 2.70. The number of nitrogens with one attached hydrogen (secondary N) is 1. The van der Waals surface area contributed by atoms with E-state index in [-0.39, 0.29) is 6.03 Å². The highest BCUT2D eigenvalue weighted by Gasteiger charge is 2.25. The fourth-order valence-corrected chi connectivity index (χ4v) is 1.53. The SMILES string of the molecule is CCN(Cc1ccncc1)C(=O)NC1CC1. The third-order valence-corrected chi connectivity index (χ3v) is 2.70. The molecule has 1 saturated carbocycles. The number of urea groups is 1. The Morgan fingerprint density at radius 2 is 2.19 bits per heavy atom. The minimum atomic E-state index is 0.0433. The smallest absolute Gasteiger partial charge is 0.317 e. The van der Waals surface area contributed by atoms with Crippen LogP contribution in [-0.2, 0) is 6.54 Å². The van der Waals surface area contributed by atoms with Gasteiger partial charge in [-0.1, -0.05) is 0 Å². The summed E-state index contributed by atoms with van der Waals surface area (Å²) in [5.41, 5.74) is 1.11. The molecule has 86 valence electrons. The molecule has 0 bridgehead atoms. The van der Waals surface area contributed by atoms with Crippen molar-refractivity contribution in [3.8, 4) is 0 Å². The summed E-state index contributed by atoms with van der Waals surface area (Å²) in [7, 11) is 0. The van der Waals surface area contributed by atoms with E-state index in [1.54, 1.807) is 12.4 Å². The molecule has 0 spiro atoms. The highest BCUT2D eigenvalue weighted by molar-refractivity contribution is 5.74. The van der Waals surface area contributed by atoms with E-state index >= 15 is 0 Å². The lowest BCUT2D eigenvalue weighted by molar-refractivity contribution is 0.197. The minimum absolute atomic E-state index is 0.0433. The molecule has 1 aliphatic carbocycles. The van der Waals surface area contributed by atoms with Crippen molar-refractivity contribution in [2.24, 2.45) is 0 Å². The van der Waals surface area contributed by atoms with Gasteiger partial charge in [-0.25, -0.2) is 4.79 Å². The average molecular weight is 219 g/mol. The van der Waals surface area contributed by atoms with Crippen molar-refractivity contribution in [2.75, 3.05) is 6.54 Å². The Bertz CT molecular complexity index is 349. The molecule has 0 aliphatic heterocycles. The molecular formula is C12H17N3O. The molecule has 0 aromatic carbocycles. The van der Waals surface area contributed by atoms with Gasteiger partial charge in [0, 0.05) is 31.5 Å². The summed E-state index contributed by atoms with van der Waals surface area (Å²) >= 11 is 0. The van der Waals surface area contributed by atoms with Crippen LogP contribution >= 0.6 is 0 Å². The Labute approximate surface area is 95.7 Å². The van der Waals surface area contributed by atoms with Gasteiger partial charge in [0.1, 0.15) is 0 Å². The number of aromatic nitrogens is 1. The van der Waals surface area contributed by atoms with E-state index in [0.717, 1.165) is 24.9 Å². The zero-order valence-electron chi connectivity index (χ0n) is 9.52. The Kier molecular flexibility index (Phi) is 3.39. The Morgan fingerprint density at radius 3 is 2.75 bits per heavy atom. The fraction of sp³-hybridized carbons (Fsp3) is 0.500. The number of nitrogens with zero attached hydrogens (tertiary/aromatic N) is 2. The summed E-state index contributed by atoms with van der Waals surface area (Å²) in [4.78, 5) is 17.6. The lowest BCUT2D eigenvalue weighted by Gasteiger charge is -2.21. The molecule has 0 radical (unpaired) electrons. The van der Waals surface area contributed by atoms with E-state index in [4.69, 9.17) is 0 Å². The van der Waals surface area contributed by atoms with Crippen molar-refractivity contribution in [1.29, 1.82) is 0 Å². The van der Waals surface area contributed by atoms with Gasteiger partial charge in [0.15, 0.2) is 0 Å². The Morgan fingerprint density at radius 1 is 1.50 bits per heavy atom. The quantitative estimate of drug-likeness (QED) is 0.839. The van der Waals surface area contributed by atoms with Crippen molar-refractivity contribution < 1.29 is 4.79 Å². The van der Waals surface area contributed by atoms with E-state index in [1.807, 2.05) is 24.0 Å². The molecule has 0 atom stereocenters. The van der Waals surface area contributed by atoms with Crippen LogP contribution in [0, 0.1) is 0 Å². The second-order valence-corrected chi connectivity index (χ2v) is 4.09. The van der Waals surface area contributed by atoms with Crippen LogP contribution in [0.4, 0.5) is 4.79 Å². The van der Waals surface area contributed by atoms with Gasteiger partial charge in [0.25, 0.3) is 0 Å². The molecule has 1 aromatic heterocycles. The van der Waals surface area contributed by atoms with Crippen LogP contribution in [0.3, 0.4) is 0 Å². The summed E-state index contributed by atoms with van der Waals surface area (Å²) in [5.74, 6) is 0. The predicted molar refractivity (Wildman–Crippen MR) is 61.9 cm³/mol. The summed E-state index contributed by atoms with van der Waals surface area (Å²) in [6.07, 6.45) is 5.75. The number of hydrogen-bond donors (Lipinski definition) is 1. The van der Waals surface area contributed by atoms with Gasteiger partial charge in [0.2, 0.25) is 0 Å². The van der Waals surface area contributed by atoms with Crippen LogP contribution in [0.15, 0.2) is 24.5 Å². The predicted octanol–water partition coefficient (Wildman–Crippen LogP) is 1.78. The molecule has 1 aliphatic rings. The standard InChI is InChI=1S/C12H17N3O/c1-2-15(12(16)14-11-3-4-11)9-10-5-7-13-8-6-10/h5-8,11H,2-4,9H2,1H3,(H,14,16). The number of carbonyl (C=O) groups excluding carboxylic acids is 1. The molecule has 16 heavy (non-hydrogen) atoms. The highest BCUT2D eigenvalue weighted by Crippen LogP contribution is 2.19. The lowest BCUT2D eigenvalue weighted by Crippen LogP contribution is -2.40. The highest BCUT2D eigenvalue weighted by atomic mass is 16.2. The molecule has 2 amide bonds. The molecule has 1 heterocycles. The second kappa shape index (κ2) is 4.96. The van der Waals surface area contributed by atoms with Gasteiger partial charge in [-0.3, -0.25) is 4.98 Å². The minimum Gasteiger partial charge on any atom is -0.335 e.